The molecule has 0 atom stereocenters. The Labute approximate surface area is 159 Å². The standard InChI is InChI=1S/C9H18N12OP4.CH4/c1-10-23(11-2,12-3)19-26(22,20-24(13-4,14-5)15-6)21-25(16-7,17-8)18-9;/h1-9H2;1H4. The zero-order valence-electron chi connectivity index (χ0n) is 13.9. The third-order valence-corrected chi connectivity index (χ3v) is 11.5. The average molecular weight is 450 g/mol. The summed E-state index contributed by atoms with van der Waals surface area (Å²) in [5, 5.41) is 0. The van der Waals surface area contributed by atoms with E-state index in [-0.39, 0.29) is 7.43 Å². The lowest BCUT2D eigenvalue weighted by atomic mass is 11.8. The van der Waals surface area contributed by atoms with Gasteiger partial charge in [0.2, 0.25) is 0 Å². The Morgan fingerprint density at radius 1 is 0.407 bits per heavy atom. The van der Waals surface area contributed by atoms with Crippen LogP contribution in [-0.4, -0.2) is 60.5 Å². The Kier molecular flexibility index (Phi) is 11.0. The molecule has 0 saturated heterocycles. The van der Waals surface area contributed by atoms with Gasteiger partial charge in [0, 0.05) is 0 Å². The van der Waals surface area contributed by atoms with Gasteiger partial charge < -0.3 is 0 Å². The van der Waals surface area contributed by atoms with Crippen LogP contribution in [0.3, 0.4) is 0 Å². The van der Waals surface area contributed by atoms with Crippen molar-refractivity contribution in [3.63, 3.8) is 0 Å². The molecule has 0 amide bonds. The molecule has 0 fully saturated rings. The van der Waals surface area contributed by atoms with Crippen molar-refractivity contribution in [2.75, 3.05) is 0 Å². The fourth-order valence-corrected chi connectivity index (χ4v) is 9.17. The molecule has 0 radical (unpaired) electrons. The highest BCUT2D eigenvalue weighted by atomic mass is 31.3. The van der Waals surface area contributed by atoms with E-state index < -0.39 is 30.1 Å². The molecule has 17 heteroatoms. The second kappa shape index (κ2) is 10.9. The highest BCUT2D eigenvalue weighted by Gasteiger charge is 2.33. The lowest BCUT2D eigenvalue weighted by Crippen LogP contribution is -1.76. The van der Waals surface area contributed by atoms with Crippen LogP contribution in [0, 0.1) is 0 Å². The van der Waals surface area contributed by atoms with Gasteiger partial charge >= 0.3 is 30.1 Å². The number of hydrogen-bond acceptors (Lipinski definition) is 1. The maximum Gasteiger partial charge on any atom is 0.425 e. The normalized spacial score (nSPS) is 11.4. The number of hydrogen-bond donors (Lipinski definition) is 0. The van der Waals surface area contributed by atoms with E-state index in [1.165, 1.54) is 0 Å². The first-order valence-electron chi connectivity index (χ1n) is 6.03. The van der Waals surface area contributed by atoms with Crippen LogP contribution in [0.5, 0.6) is 0 Å². The van der Waals surface area contributed by atoms with Crippen molar-refractivity contribution < 1.29 is 4.57 Å². The average Bonchev–Trinajstić information content (AvgIpc) is 2.69. The molecule has 0 unspecified atom stereocenters. The van der Waals surface area contributed by atoms with E-state index in [2.05, 4.69) is 117 Å². The second-order valence-corrected chi connectivity index (χ2v) is 12.6. The SMILES string of the molecule is C.C=NP(N=C)(N=C)=NP(=O)(N=P(N=C)(N=C)N=C)N=P(N=C)(N=C)N=C. The van der Waals surface area contributed by atoms with Gasteiger partial charge in [-0.25, -0.2) is 47.4 Å². The molecule has 0 N–H and O–H groups in total. The molecule has 0 aromatic carbocycles. The molecule has 0 rings (SSSR count). The fraction of sp³-hybridized carbons (Fsp3) is 0.100. The highest BCUT2D eigenvalue weighted by molar-refractivity contribution is 7.81. The van der Waals surface area contributed by atoms with Crippen LogP contribution < -0.4 is 0 Å². The highest BCUT2D eigenvalue weighted by Crippen LogP contribution is 2.75. The Morgan fingerprint density at radius 2 is 0.556 bits per heavy atom. The molecule has 0 aromatic rings. The first kappa shape index (κ1) is 27.2. The van der Waals surface area contributed by atoms with Crippen LogP contribution in [0.2, 0.25) is 0 Å². The fourth-order valence-electron chi connectivity index (χ4n) is 1.18. The molecule has 0 saturated carbocycles. The summed E-state index contributed by atoms with van der Waals surface area (Å²) >= 11 is 0. The maximum absolute atomic E-state index is 13.5. The van der Waals surface area contributed by atoms with Crippen LogP contribution in [0.4, 0.5) is 0 Å². The molecule has 13 nitrogen and oxygen atoms in total. The Morgan fingerprint density at radius 3 is 0.667 bits per heavy atom. The van der Waals surface area contributed by atoms with Gasteiger partial charge in [-0.05, 0) is 60.5 Å². The molecule has 0 bridgehead atoms. The predicted molar refractivity (Wildman–Crippen MR) is 128 cm³/mol. The first-order chi connectivity index (χ1) is 12.2. The molecule has 0 aliphatic rings. The lowest BCUT2D eigenvalue weighted by molar-refractivity contribution is 0.579. The van der Waals surface area contributed by atoms with Crippen LogP contribution in [-0.2, 0) is 4.57 Å². The van der Waals surface area contributed by atoms with Crippen LogP contribution in [0.1, 0.15) is 7.43 Å². The predicted octanol–water partition coefficient (Wildman–Crippen LogP) is 5.87. The molecule has 0 aromatic heterocycles. The van der Waals surface area contributed by atoms with Gasteiger partial charge in [0.15, 0.2) is 0 Å². The molecule has 0 spiro atoms. The van der Waals surface area contributed by atoms with Crippen molar-refractivity contribution in [2.24, 2.45) is 56.4 Å². The summed E-state index contributed by atoms with van der Waals surface area (Å²) in [4.78, 5) is 0. The summed E-state index contributed by atoms with van der Waals surface area (Å²) in [6.07, 6.45) is 0. The molecular formula is C10H22N12OP4. The van der Waals surface area contributed by atoms with Crippen molar-refractivity contribution >= 4 is 90.6 Å². The zero-order chi connectivity index (χ0) is 20.5. The third kappa shape index (κ3) is 6.26. The minimum atomic E-state index is -4.41. The van der Waals surface area contributed by atoms with E-state index in [9.17, 15) is 4.57 Å². The Balaban J connectivity index is 0. The Hall–Kier alpha value is -2.05. The van der Waals surface area contributed by atoms with Gasteiger partial charge in [-0.3, -0.25) is 0 Å². The molecular weight excluding hydrogens is 428 g/mol. The van der Waals surface area contributed by atoms with E-state index in [0.717, 1.165) is 0 Å². The van der Waals surface area contributed by atoms with Gasteiger partial charge in [0.05, 0.1) is 0 Å². The van der Waals surface area contributed by atoms with Gasteiger partial charge in [-0.15, -0.1) is 13.5 Å². The van der Waals surface area contributed by atoms with Gasteiger partial charge in [0.1, 0.15) is 0 Å². The van der Waals surface area contributed by atoms with Gasteiger partial charge in [0.25, 0.3) is 0 Å². The van der Waals surface area contributed by atoms with E-state index in [1.54, 1.807) is 0 Å². The topological polar surface area (TPSA) is 165 Å². The quantitative estimate of drug-likeness (QED) is 0.263. The lowest BCUT2D eigenvalue weighted by Gasteiger charge is -2.15. The van der Waals surface area contributed by atoms with E-state index in [0.29, 0.717) is 0 Å². The van der Waals surface area contributed by atoms with Gasteiger partial charge in [-0.1, -0.05) is 7.43 Å². The minimum absolute atomic E-state index is 0. The largest absolute Gasteiger partial charge is 0.425 e. The van der Waals surface area contributed by atoms with Crippen molar-refractivity contribution in [3.05, 3.63) is 0 Å². The summed E-state index contributed by atoms with van der Waals surface area (Å²) in [5.41, 5.74) is 0. The van der Waals surface area contributed by atoms with Crippen molar-refractivity contribution in [2.45, 2.75) is 7.43 Å². The van der Waals surface area contributed by atoms with Crippen LogP contribution in [0.15, 0.2) is 56.4 Å². The molecule has 27 heavy (non-hydrogen) atoms. The van der Waals surface area contributed by atoms with Crippen molar-refractivity contribution in [3.8, 4) is 0 Å². The molecule has 0 heterocycles. The van der Waals surface area contributed by atoms with Crippen molar-refractivity contribution in [1.82, 2.24) is 0 Å². The van der Waals surface area contributed by atoms with Crippen molar-refractivity contribution in [1.29, 1.82) is 0 Å². The monoisotopic (exact) mass is 450 g/mol. The summed E-state index contributed by atoms with van der Waals surface area (Å²) in [7, 11) is -14.7. The maximum atomic E-state index is 13.5. The number of rotatable bonds is 12. The zero-order valence-corrected chi connectivity index (χ0v) is 17.5. The third-order valence-electron chi connectivity index (χ3n) is 2.42. The van der Waals surface area contributed by atoms with E-state index >= 15 is 0 Å². The van der Waals surface area contributed by atoms with E-state index in [1.807, 2.05) is 0 Å². The molecule has 148 valence electrons. The first-order valence-corrected chi connectivity index (χ1v) is 12.4. The second-order valence-electron chi connectivity index (χ2n) is 3.66. The summed E-state index contributed by atoms with van der Waals surface area (Å²) in [5.74, 6) is 0. The molecule has 0 aliphatic carbocycles. The summed E-state index contributed by atoms with van der Waals surface area (Å²) in [6.45, 7) is 29.8. The Bertz CT molecular complexity index is 700. The van der Waals surface area contributed by atoms with Crippen LogP contribution >= 0.6 is 30.1 Å². The smallest absolute Gasteiger partial charge is 0.244 e. The van der Waals surface area contributed by atoms with E-state index in [4.69, 9.17) is 0 Å². The summed E-state index contributed by atoms with van der Waals surface area (Å²) in [6, 6.07) is 0. The minimum Gasteiger partial charge on any atom is -0.244 e. The number of nitrogens with zero attached hydrogens (tertiary/aromatic N) is 12. The van der Waals surface area contributed by atoms with Crippen LogP contribution in [0.25, 0.3) is 0 Å². The summed E-state index contributed by atoms with van der Waals surface area (Å²) < 4.78 is 58.1. The molecule has 0 aliphatic heterocycles. The van der Waals surface area contributed by atoms with Gasteiger partial charge in [-0.2, -0.15) is 0 Å².